The summed E-state index contributed by atoms with van der Waals surface area (Å²) in [4.78, 5) is 12.7. The molecule has 0 fully saturated rings. The Morgan fingerprint density at radius 2 is 1.17 bits per heavy atom. The van der Waals surface area contributed by atoms with Gasteiger partial charge in [-0.25, -0.2) is 0 Å². The van der Waals surface area contributed by atoms with Crippen LogP contribution in [0.25, 0.3) is 0 Å². The predicted molar refractivity (Wildman–Crippen MR) is 92.7 cm³/mol. The summed E-state index contributed by atoms with van der Waals surface area (Å²) in [6, 6.07) is 24.8. The van der Waals surface area contributed by atoms with Crippen LogP contribution in [0.1, 0.15) is 39.3 Å². The monoisotopic (exact) mass is 318 g/mol. The number of Topliss-reactive ketones (excluding diaryl/α,β-unsaturated/α-hetero) is 1. The fourth-order valence-corrected chi connectivity index (χ4v) is 2.71. The number of hydrogen-bond acceptors (Lipinski definition) is 3. The lowest BCUT2D eigenvalue weighted by atomic mass is 9.91. The second kappa shape index (κ2) is 7.21. The van der Waals surface area contributed by atoms with Crippen molar-refractivity contribution in [2.45, 2.75) is 12.2 Å². The molecular formula is C21H18O3. The Morgan fingerprint density at radius 1 is 0.667 bits per heavy atom. The summed E-state index contributed by atoms with van der Waals surface area (Å²) in [6.07, 6.45) is -2.18. The van der Waals surface area contributed by atoms with Gasteiger partial charge in [0.05, 0.1) is 0 Å². The topological polar surface area (TPSA) is 57.5 Å². The highest BCUT2D eigenvalue weighted by Gasteiger charge is 2.24. The van der Waals surface area contributed by atoms with Crippen molar-refractivity contribution >= 4 is 5.78 Å². The smallest absolute Gasteiger partial charge is 0.196 e. The van der Waals surface area contributed by atoms with E-state index >= 15 is 0 Å². The van der Waals surface area contributed by atoms with Crippen molar-refractivity contribution < 1.29 is 15.0 Å². The fraction of sp³-hybridized carbons (Fsp3) is 0.0952. The molecular weight excluding hydrogens is 300 g/mol. The Labute approximate surface area is 140 Å². The van der Waals surface area contributed by atoms with E-state index in [4.69, 9.17) is 0 Å². The van der Waals surface area contributed by atoms with Gasteiger partial charge in [0.25, 0.3) is 0 Å². The summed E-state index contributed by atoms with van der Waals surface area (Å²) in [7, 11) is 0. The van der Waals surface area contributed by atoms with Crippen molar-refractivity contribution in [1.82, 2.24) is 0 Å². The molecule has 0 aliphatic heterocycles. The first-order valence-corrected chi connectivity index (χ1v) is 7.77. The summed E-state index contributed by atoms with van der Waals surface area (Å²) in [6.45, 7) is 0. The van der Waals surface area contributed by atoms with Crippen molar-refractivity contribution in [2.75, 3.05) is 0 Å². The van der Waals surface area contributed by atoms with Crippen LogP contribution in [0.3, 0.4) is 0 Å². The van der Waals surface area contributed by atoms with Gasteiger partial charge in [-0.15, -0.1) is 0 Å². The molecule has 0 heterocycles. The van der Waals surface area contributed by atoms with Crippen LogP contribution >= 0.6 is 0 Å². The van der Waals surface area contributed by atoms with E-state index in [0.717, 1.165) is 0 Å². The Bertz CT molecular complexity index is 813. The Kier molecular flexibility index (Phi) is 4.85. The summed E-state index contributed by atoms with van der Waals surface area (Å²) >= 11 is 0. The van der Waals surface area contributed by atoms with E-state index in [9.17, 15) is 15.0 Å². The first kappa shape index (κ1) is 16.1. The summed E-state index contributed by atoms with van der Waals surface area (Å²) in [5, 5.41) is 21.0. The molecule has 3 aromatic carbocycles. The number of aliphatic hydroxyl groups is 2. The molecule has 0 saturated heterocycles. The molecule has 0 amide bonds. The Hall–Kier alpha value is -2.75. The quantitative estimate of drug-likeness (QED) is 0.706. The number of ketones is 1. The van der Waals surface area contributed by atoms with Crippen LogP contribution in [0, 0.1) is 0 Å². The van der Waals surface area contributed by atoms with E-state index in [2.05, 4.69) is 0 Å². The van der Waals surface area contributed by atoms with Crippen LogP contribution < -0.4 is 0 Å². The van der Waals surface area contributed by atoms with Gasteiger partial charge in [0.15, 0.2) is 5.78 Å². The van der Waals surface area contributed by atoms with Crippen molar-refractivity contribution in [3.63, 3.8) is 0 Å². The summed E-state index contributed by atoms with van der Waals surface area (Å²) in [5.41, 5.74) is 2.05. The van der Waals surface area contributed by atoms with Gasteiger partial charge in [-0.05, 0) is 16.7 Å². The van der Waals surface area contributed by atoms with Crippen LogP contribution in [-0.2, 0) is 0 Å². The van der Waals surface area contributed by atoms with E-state index < -0.39 is 18.0 Å². The highest BCUT2D eigenvalue weighted by atomic mass is 16.3. The van der Waals surface area contributed by atoms with Crippen molar-refractivity contribution in [3.8, 4) is 0 Å². The molecule has 0 radical (unpaired) electrons. The third-order valence-electron chi connectivity index (χ3n) is 4.00. The lowest BCUT2D eigenvalue weighted by Gasteiger charge is -2.17. The van der Waals surface area contributed by atoms with Crippen LogP contribution in [0.4, 0.5) is 0 Å². The molecule has 3 aromatic rings. The molecule has 0 aliphatic carbocycles. The van der Waals surface area contributed by atoms with Gasteiger partial charge in [-0.3, -0.25) is 4.79 Å². The first-order valence-electron chi connectivity index (χ1n) is 7.77. The van der Waals surface area contributed by atoms with Crippen molar-refractivity contribution in [3.05, 3.63) is 107 Å². The number of aliphatic hydroxyl groups excluding tert-OH is 2. The highest BCUT2D eigenvalue weighted by molar-refractivity contribution is 6.01. The molecule has 0 aliphatic rings. The molecule has 120 valence electrons. The SMILES string of the molecule is O=C(c1ccccc1C(O)c1ccccc1)C(O)c1ccccc1. The van der Waals surface area contributed by atoms with Crippen molar-refractivity contribution in [2.24, 2.45) is 0 Å². The molecule has 2 atom stereocenters. The lowest BCUT2D eigenvalue weighted by molar-refractivity contribution is 0.0742. The van der Waals surface area contributed by atoms with Gasteiger partial charge in [0, 0.05) is 5.56 Å². The van der Waals surface area contributed by atoms with Gasteiger partial charge in [-0.2, -0.15) is 0 Å². The maximum absolute atomic E-state index is 12.7. The second-order valence-corrected chi connectivity index (χ2v) is 5.58. The molecule has 3 nitrogen and oxygen atoms in total. The number of carbonyl (C=O) groups excluding carboxylic acids is 1. The zero-order valence-corrected chi connectivity index (χ0v) is 13.0. The minimum Gasteiger partial charge on any atom is -0.384 e. The van der Waals surface area contributed by atoms with Gasteiger partial charge in [0.2, 0.25) is 0 Å². The van der Waals surface area contributed by atoms with Gasteiger partial charge in [0.1, 0.15) is 12.2 Å². The molecule has 2 N–H and O–H groups in total. The van der Waals surface area contributed by atoms with Gasteiger partial charge >= 0.3 is 0 Å². The number of benzene rings is 3. The standard InChI is InChI=1S/C21H18O3/c22-19(15-9-3-1-4-10-15)17-13-7-8-14-18(17)21(24)20(23)16-11-5-2-6-12-16/h1-14,19-20,22-23H. The lowest BCUT2D eigenvalue weighted by Crippen LogP contribution is -2.16. The normalized spacial score (nSPS) is 13.2. The van der Waals surface area contributed by atoms with Gasteiger partial charge in [-0.1, -0.05) is 84.9 Å². The second-order valence-electron chi connectivity index (χ2n) is 5.58. The average Bonchev–Trinajstić information content (AvgIpc) is 2.67. The Morgan fingerprint density at radius 3 is 1.79 bits per heavy atom. The zero-order valence-electron chi connectivity index (χ0n) is 13.0. The Balaban J connectivity index is 1.96. The number of hydrogen-bond donors (Lipinski definition) is 2. The molecule has 3 rings (SSSR count). The molecule has 2 unspecified atom stereocenters. The maximum Gasteiger partial charge on any atom is 0.196 e. The average molecular weight is 318 g/mol. The third kappa shape index (κ3) is 3.27. The van der Waals surface area contributed by atoms with E-state index in [-0.39, 0.29) is 0 Å². The minimum absolute atomic E-state index is 0.324. The van der Waals surface area contributed by atoms with E-state index in [0.29, 0.717) is 22.3 Å². The van der Waals surface area contributed by atoms with Crippen LogP contribution in [-0.4, -0.2) is 16.0 Å². The molecule has 24 heavy (non-hydrogen) atoms. The summed E-state index contributed by atoms with van der Waals surface area (Å²) in [5.74, 6) is -0.424. The fourth-order valence-electron chi connectivity index (χ4n) is 2.71. The largest absolute Gasteiger partial charge is 0.384 e. The van der Waals surface area contributed by atoms with Crippen molar-refractivity contribution in [1.29, 1.82) is 0 Å². The van der Waals surface area contributed by atoms with Crippen LogP contribution in [0.15, 0.2) is 84.9 Å². The highest BCUT2D eigenvalue weighted by Crippen LogP contribution is 2.28. The third-order valence-corrected chi connectivity index (χ3v) is 4.00. The number of carbonyl (C=O) groups is 1. The summed E-state index contributed by atoms with van der Waals surface area (Å²) < 4.78 is 0. The molecule has 0 saturated carbocycles. The van der Waals surface area contributed by atoms with E-state index in [1.165, 1.54) is 0 Å². The van der Waals surface area contributed by atoms with Gasteiger partial charge < -0.3 is 10.2 Å². The van der Waals surface area contributed by atoms with Crippen LogP contribution in [0.5, 0.6) is 0 Å². The minimum atomic E-state index is -1.25. The van der Waals surface area contributed by atoms with Crippen LogP contribution in [0.2, 0.25) is 0 Å². The zero-order chi connectivity index (χ0) is 16.9. The molecule has 0 spiro atoms. The van der Waals surface area contributed by atoms with E-state index in [1.54, 1.807) is 60.7 Å². The molecule has 3 heteroatoms. The van der Waals surface area contributed by atoms with E-state index in [1.807, 2.05) is 24.3 Å². The number of rotatable bonds is 5. The molecule has 0 bridgehead atoms. The first-order chi connectivity index (χ1) is 11.7. The molecule has 0 aromatic heterocycles. The predicted octanol–water partition coefficient (Wildman–Crippen LogP) is 3.68. The maximum atomic E-state index is 12.7.